The highest BCUT2D eigenvalue weighted by molar-refractivity contribution is 7.19. The number of aromatic nitrogens is 4. The van der Waals surface area contributed by atoms with Crippen molar-refractivity contribution < 1.29 is 14.7 Å². The van der Waals surface area contributed by atoms with Crippen LogP contribution in [0.25, 0.3) is 27.5 Å². The first-order chi connectivity index (χ1) is 19.3. The molecule has 11 heteroatoms. The van der Waals surface area contributed by atoms with Gasteiger partial charge in [0.1, 0.15) is 11.4 Å². The zero-order valence-corrected chi connectivity index (χ0v) is 23.5. The molecule has 0 unspecified atom stereocenters. The molecule has 1 aliphatic carbocycles. The van der Waals surface area contributed by atoms with Crippen LogP contribution in [-0.4, -0.2) is 79.7 Å². The Hall–Kier alpha value is -4.09. The van der Waals surface area contributed by atoms with Crippen LogP contribution in [0.3, 0.4) is 0 Å². The van der Waals surface area contributed by atoms with Gasteiger partial charge in [0.2, 0.25) is 5.91 Å². The maximum Gasteiger partial charge on any atom is 0.253 e. The van der Waals surface area contributed by atoms with Crippen LogP contribution in [0.5, 0.6) is 5.75 Å². The first kappa shape index (κ1) is 26.1. The highest BCUT2D eigenvalue weighted by Crippen LogP contribution is 2.45. The average molecular weight is 558 g/mol. The number of hydrogen-bond donors (Lipinski definition) is 2. The molecule has 0 atom stereocenters. The molecule has 0 spiro atoms. The lowest BCUT2D eigenvalue weighted by Gasteiger charge is -2.35. The molecule has 206 valence electrons. The summed E-state index contributed by atoms with van der Waals surface area (Å²) in [7, 11) is 3.93. The predicted octanol–water partition coefficient (Wildman–Crippen LogP) is 3.99. The molecular weight excluding hydrogens is 526 g/mol. The summed E-state index contributed by atoms with van der Waals surface area (Å²) in [6, 6.07) is 9.03. The number of nitrogens with zero attached hydrogens (tertiary/aromatic N) is 6. The van der Waals surface area contributed by atoms with E-state index in [-0.39, 0.29) is 23.6 Å². The highest BCUT2D eigenvalue weighted by Gasteiger charge is 2.31. The molecule has 2 N–H and O–H groups in total. The number of amides is 2. The smallest absolute Gasteiger partial charge is 0.253 e. The fraction of sp³-hybridized carbons (Fsp3) is 0.345. The number of anilines is 1. The largest absolute Gasteiger partial charge is 0.506 e. The number of phenolic OH excluding ortho intramolecular Hbond substituents is 1. The van der Waals surface area contributed by atoms with Gasteiger partial charge in [-0.3, -0.25) is 14.6 Å². The number of rotatable bonds is 5. The normalized spacial score (nSPS) is 15.4. The number of carbonyl (C=O) groups excluding carboxylic acids is 2. The summed E-state index contributed by atoms with van der Waals surface area (Å²) in [5.41, 5.74) is 5.29. The fourth-order valence-corrected chi connectivity index (χ4v) is 6.69. The Morgan fingerprint density at radius 3 is 2.67 bits per heavy atom. The third-order valence-corrected chi connectivity index (χ3v) is 8.75. The van der Waals surface area contributed by atoms with E-state index in [4.69, 9.17) is 5.10 Å². The van der Waals surface area contributed by atoms with Gasteiger partial charge in [0, 0.05) is 49.1 Å². The minimum Gasteiger partial charge on any atom is -0.506 e. The first-order valence-corrected chi connectivity index (χ1v) is 14.2. The molecule has 0 saturated carbocycles. The molecule has 1 saturated heterocycles. The van der Waals surface area contributed by atoms with Crippen LogP contribution in [0.4, 0.5) is 5.13 Å². The summed E-state index contributed by atoms with van der Waals surface area (Å²) in [5, 5.41) is 19.5. The van der Waals surface area contributed by atoms with Crippen LogP contribution in [0.15, 0.2) is 42.7 Å². The van der Waals surface area contributed by atoms with Gasteiger partial charge in [0.25, 0.3) is 5.91 Å². The van der Waals surface area contributed by atoms with Gasteiger partial charge >= 0.3 is 0 Å². The third-order valence-electron chi connectivity index (χ3n) is 7.73. The van der Waals surface area contributed by atoms with E-state index in [0.717, 1.165) is 59.0 Å². The lowest BCUT2D eigenvalue weighted by atomic mass is 9.95. The van der Waals surface area contributed by atoms with Crippen LogP contribution >= 0.6 is 11.3 Å². The Labute approximate surface area is 236 Å². The van der Waals surface area contributed by atoms with Gasteiger partial charge in [0.05, 0.1) is 22.0 Å². The van der Waals surface area contributed by atoms with Crippen LogP contribution in [0.2, 0.25) is 0 Å². The molecule has 2 amide bonds. The predicted molar refractivity (Wildman–Crippen MR) is 154 cm³/mol. The molecule has 0 bridgehead atoms. The minimum absolute atomic E-state index is 0.0376. The topological polar surface area (TPSA) is 116 Å². The summed E-state index contributed by atoms with van der Waals surface area (Å²) in [6.07, 6.45) is 6.76. The van der Waals surface area contributed by atoms with Gasteiger partial charge in [-0.25, -0.2) is 9.67 Å². The van der Waals surface area contributed by atoms with Crippen molar-refractivity contribution in [3.8, 4) is 33.3 Å². The Morgan fingerprint density at radius 2 is 1.98 bits per heavy atom. The van der Waals surface area contributed by atoms with Crippen molar-refractivity contribution in [1.29, 1.82) is 0 Å². The minimum atomic E-state index is -0.181. The number of carbonyl (C=O) groups is 2. The summed E-state index contributed by atoms with van der Waals surface area (Å²) < 4.78 is 1.73. The zero-order chi connectivity index (χ0) is 28.0. The number of aromatic hydroxyl groups is 1. The molecule has 40 heavy (non-hydrogen) atoms. The molecule has 4 aromatic rings. The van der Waals surface area contributed by atoms with Crippen LogP contribution in [-0.2, 0) is 17.6 Å². The molecule has 4 heterocycles. The second-order valence-corrected chi connectivity index (χ2v) is 11.5. The number of pyridine rings is 1. The Balaban J connectivity index is 1.41. The molecule has 1 fully saturated rings. The number of benzene rings is 1. The second kappa shape index (κ2) is 10.5. The standard InChI is InChI=1S/C29H31N7O3S/c1-17(37)31-29-32-22-8-7-21-25(19-5-4-12-30-16-19)33-36(26(21)27(22)40-29)23-9-6-18(15-24(23)38)28(39)35(3)20-10-13-34(2)14-11-20/h4-6,9,12,15-16,20,38H,7-8,10-11,13-14H2,1-3H3,(H,31,32,37). The number of piperidine rings is 1. The Morgan fingerprint density at radius 1 is 1.18 bits per heavy atom. The molecule has 3 aromatic heterocycles. The molecule has 0 radical (unpaired) electrons. The highest BCUT2D eigenvalue weighted by atomic mass is 32.1. The van der Waals surface area contributed by atoms with Gasteiger partial charge in [-0.2, -0.15) is 5.10 Å². The first-order valence-electron chi connectivity index (χ1n) is 13.4. The number of thiazole rings is 1. The van der Waals surface area contributed by atoms with Crippen molar-refractivity contribution in [1.82, 2.24) is 29.5 Å². The number of aryl methyl sites for hydroxylation is 1. The van der Waals surface area contributed by atoms with E-state index in [9.17, 15) is 14.7 Å². The van der Waals surface area contributed by atoms with Crippen LogP contribution in [0.1, 0.15) is 41.4 Å². The fourth-order valence-electron chi connectivity index (χ4n) is 5.57. The molecule has 6 rings (SSSR count). The van der Waals surface area contributed by atoms with Crippen molar-refractivity contribution in [2.45, 2.75) is 38.6 Å². The quantitative estimate of drug-likeness (QED) is 0.381. The van der Waals surface area contributed by atoms with Gasteiger partial charge in [-0.15, -0.1) is 0 Å². The molecule has 2 aliphatic rings. The third kappa shape index (κ3) is 4.75. The maximum atomic E-state index is 13.3. The van der Waals surface area contributed by atoms with E-state index in [1.165, 1.54) is 24.3 Å². The van der Waals surface area contributed by atoms with E-state index < -0.39 is 0 Å². The van der Waals surface area contributed by atoms with E-state index in [1.54, 1.807) is 34.1 Å². The van der Waals surface area contributed by atoms with Gasteiger partial charge < -0.3 is 20.2 Å². The van der Waals surface area contributed by atoms with Gasteiger partial charge in [0.15, 0.2) is 5.13 Å². The number of nitrogens with one attached hydrogen (secondary N) is 1. The van der Waals surface area contributed by atoms with Crippen molar-refractivity contribution in [2.75, 3.05) is 32.5 Å². The lowest BCUT2D eigenvalue weighted by molar-refractivity contribution is -0.114. The maximum absolute atomic E-state index is 13.3. The number of fused-ring (bicyclic) bond motifs is 3. The second-order valence-electron chi connectivity index (χ2n) is 10.5. The molecule has 1 aromatic carbocycles. The number of likely N-dealkylation sites (tertiary alicyclic amines) is 1. The molecular formula is C29H31N7O3S. The molecule has 1 aliphatic heterocycles. The van der Waals surface area contributed by atoms with Gasteiger partial charge in [-0.05, 0) is 76.2 Å². The van der Waals surface area contributed by atoms with Gasteiger partial charge in [-0.1, -0.05) is 11.3 Å². The van der Waals surface area contributed by atoms with E-state index in [1.807, 2.05) is 19.2 Å². The van der Waals surface area contributed by atoms with E-state index in [0.29, 0.717) is 29.2 Å². The molecule has 10 nitrogen and oxygen atoms in total. The van der Waals surface area contributed by atoms with Crippen molar-refractivity contribution in [2.24, 2.45) is 0 Å². The van der Waals surface area contributed by atoms with Crippen LogP contribution < -0.4 is 5.32 Å². The number of phenols is 1. The monoisotopic (exact) mass is 557 g/mol. The van der Waals surface area contributed by atoms with Crippen molar-refractivity contribution >= 4 is 28.3 Å². The number of hydrogen-bond acceptors (Lipinski definition) is 8. The van der Waals surface area contributed by atoms with Crippen LogP contribution in [0, 0.1) is 0 Å². The summed E-state index contributed by atoms with van der Waals surface area (Å²) in [5.74, 6) is -0.331. The summed E-state index contributed by atoms with van der Waals surface area (Å²) in [6.45, 7) is 3.38. The van der Waals surface area contributed by atoms with E-state index in [2.05, 4.69) is 27.2 Å². The lowest BCUT2D eigenvalue weighted by Crippen LogP contribution is -2.44. The van der Waals surface area contributed by atoms with Crippen molar-refractivity contribution in [3.05, 3.63) is 59.5 Å². The Bertz CT molecular complexity index is 1590. The average Bonchev–Trinajstić information content (AvgIpc) is 3.53. The van der Waals surface area contributed by atoms with Crippen molar-refractivity contribution in [3.63, 3.8) is 0 Å². The zero-order valence-electron chi connectivity index (χ0n) is 22.7. The summed E-state index contributed by atoms with van der Waals surface area (Å²) in [4.78, 5) is 38.9. The Kier molecular flexibility index (Phi) is 6.85. The SMILES string of the molecule is CC(=O)Nc1nc2c(s1)-c1c(c(-c3cccnc3)nn1-c1ccc(C(=O)N(C)C3CCN(C)CC3)cc1O)CC2. The van der Waals surface area contributed by atoms with E-state index >= 15 is 0 Å². The summed E-state index contributed by atoms with van der Waals surface area (Å²) >= 11 is 1.39.